The predicted octanol–water partition coefficient (Wildman–Crippen LogP) is 4.29. The number of benzene rings is 1. The average Bonchev–Trinajstić information content (AvgIpc) is 2.76. The van der Waals surface area contributed by atoms with Crippen molar-refractivity contribution >= 4 is 23.2 Å². The number of hydrogen-bond donors (Lipinski definition) is 3. The Morgan fingerprint density at radius 3 is 2.28 bits per heavy atom. The van der Waals surface area contributed by atoms with Gasteiger partial charge in [0.15, 0.2) is 0 Å². The number of aromatic nitrogens is 2. The molecule has 0 atom stereocenters. The van der Waals surface area contributed by atoms with Crippen LogP contribution in [0.1, 0.15) is 15.9 Å². The molecule has 0 aliphatic heterocycles. The zero-order valence-electron chi connectivity index (χ0n) is 16.3. The average molecular weight is 447 g/mol. The van der Waals surface area contributed by atoms with E-state index >= 15 is 0 Å². The zero-order chi connectivity index (χ0) is 23.3. The predicted molar refractivity (Wildman–Crippen MR) is 110 cm³/mol. The van der Waals surface area contributed by atoms with Gasteiger partial charge in [0.25, 0.3) is 5.69 Å². The number of nitro groups is 1. The molecular weight excluding hydrogens is 431 g/mol. The highest BCUT2D eigenvalue weighted by molar-refractivity contribution is 6.00. The Labute approximate surface area is 179 Å². The molecule has 12 heteroatoms. The Balaban J connectivity index is 1.72. The monoisotopic (exact) mass is 447 g/mol. The summed E-state index contributed by atoms with van der Waals surface area (Å²) in [5.74, 6) is -0.892. The lowest BCUT2D eigenvalue weighted by atomic mass is 10.0. The van der Waals surface area contributed by atoms with Gasteiger partial charge in [-0.3, -0.25) is 15.1 Å². The molecule has 0 unspecified atom stereocenters. The summed E-state index contributed by atoms with van der Waals surface area (Å²) in [6, 6.07) is 8.25. The third-order valence-electron chi connectivity index (χ3n) is 4.36. The summed E-state index contributed by atoms with van der Waals surface area (Å²) in [5.41, 5.74) is -0.680. The van der Waals surface area contributed by atoms with Gasteiger partial charge in [0.05, 0.1) is 21.9 Å². The van der Waals surface area contributed by atoms with Crippen molar-refractivity contribution in [2.24, 2.45) is 0 Å². The van der Waals surface area contributed by atoms with Crippen molar-refractivity contribution in [2.75, 3.05) is 23.7 Å². The standard InChI is InChI=1S/C20H16F3N5O4/c21-20(22,23)13-3-1-12(2-4-13)18-17(19(29)30)15(7-8-26-18)24-9-10-25-16-6-5-14(11-27-16)28(31)32/h1-8,11H,9-10H2,(H,24,26)(H,25,27)(H,29,30). The second-order valence-corrected chi connectivity index (χ2v) is 6.47. The molecule has 0 bridgehead atoms. The van der Waals surface area contributed by atoms with E-state index in [2.05, 4.69) is 20.6 Å². The van der Waals surface area contributed by atoms with Gasteiger partial charge in [-0.2, -0.15) is 13.2 Å². The molecule has 0 aliphatic rings. The summed E-state index contributed by atoms with van der Waals surface area (Å²) in [6.45, 7) is 0.567. The number of nitrogens with zero attached hydrogens (tertiary/aromatic N) is 3. The summed E-state index contributed by atoms with van der Waals surface area (Å²) in [7, 11) is 0. The molecule has 0 radical (unpaired) electrons. The molecule has 3 aromatic rings. The highest BCUT2D eigenvalue weighted by Crippen LogP contribution is 2.32. The van der Waals surface area contributed by atoms with E-state index in [9.17, 15) is 33.2 Å². The van der Waals surface area contributed by atoms with E-state index in [4.69, 9.17) is 0 Å². The number of carboxylic acid groups (broad SMARTS) is 1. The van der Waals surface area contributed by atoms with Gasteiger partial charge in [-0.15, -0.1) is 0 Å². The molecule has 0 fully saturated rings. The molecule has 166 valence electrons. The van der Waals surface area contributed by atoms with Crippen LogP contribution in [0.3, 0.4) is 0 Å². The molecule has 1 aromatic carbocycles. The molecule has 0 aliphatic carbocycles. The van der Waals surface area contributed by atoms with E-state index in [0.29, 0.717) is 12.4 Å². The van der Waals surface area contributed by atoms with E-state index in [0.717, 1.165) is 18.3 Å². The van der Waals surface area contributed by atoms with Crippen LogP contribution in [-0.2, 0) is 6.18 Å². The molecule has 2 heterocycles. The third kappa shape index (κ3) is 5.28. The highest BCUT2D eigenvalue weighted by Gasteiger charge is 2.30. The zero-order valence-corrected chi connectivity index (χ0v) is 16.3. The Morgan fingerprint density at radius 1 is 1.03 bits per heavy atom. The van der Waals surface area contributed by atoms with Crippen molar-refractivity contribution in [3.63, 3.8) is 0 Å². The lowest BCUT2D eigenvalue weighted by Crippen LogP contribution is -2.17. The van der Waals surface area contributed by atoms with E-state index in [-0.39, 0.29) is 34.7 Å². The quantitative estimate of drug-likeness (QED) is 0.265. The number of rotatable bonds is 8. The van der Waals surface area contributed by atoms with Gasteiger partial charge in [-0.25, -0.2) is 9.78 Å². The van der Waals surface area contributed by atoms with Gasteiger partial charge in [0.2, 0.25) is 0 Å². The number of alkyl halides is 3. The van der Waals surface area contributed by atoms with Crippen LogP contribution in [0.2, 0.25) is 0 Å². The van der Waals surface area contributed by atoms with E-state index in [1.807, 2.05) is 0 Å². The fourth-order valence-corrected chi connectivity index (χ4v) is 2.85. The SMILES string of the molecule is O=C(O)c1c(NCCNc2ccc([N+](=O)[O-])cn2)ccnc1-c1ccc(C(F)(F)F)cc1. The first-order chi connectivity index (χ1) is 15.2. The first-order valence-corrected chi connectivity index (χ1v) is 9.15. The third-order valence-corrected chi connectivity index (χ3v) is 4.36. The van der Waals surface area contributed by atoms with Crippen LogP contribution in [0, 0.1) is 10.1 Å². The Bertz CT molecular complexity index is 1120. The maximum Gasteiger partial charge on any atom is 0.416 e. The number of anilines is 2. The minimum Gasteiger partial charge on any atom is -0.478 e. The Hall–Kier alpha value is -4.22. The van der Waals surface area contributed by atoms with E-state index < -0.39 is 22.6 Å². The topological polar surface area (TPSA) is 130 Å². The maximum absolute atomic E-state index is 12.8. The van der Waals surface area contributed by atoms with Crippen LogP contribution in [0.15, 0.2) is 54.9 Å². The van der Waals surface area contributed by atoms with E-state index in [1.54, 1.807) is 0 Å². The summed E-state index contributed by atoms with van der Waals surface area (Å²) < 4.78 is 38.4. The molecule has 0 amide bonds. The van der Waals surface area contributed by atoms with Crippen LogP contribution in [0.25, 0.3) is 11.3 Å². The number of halogens is 3. The van der Waals surface area contributed by atoms with Crippen LogP contribution >= 0.6 is 0 Å². The van der Waals surface area contributed by atoms with Gasteiger partial charge in [-0.05, 0) is 24.3 Å². The molecule has 32 heavy (non-hydrogen) atoms. The lowest BCUT2D eigenvalue weighted by molar-refractivity contribution is -0.385. The summed E-state index contributed by atoms with van der Waals surface area (Å²) in [5, 5.41) is 26.2. The van der Waals surface area contributed by atoms with Crippen molar-refractivity contribution < 1.29 is 28.0 Å². The molecule has 0 saturated heterocycles. The van der Waals surface area contributed by atoms with Gasteiger partial charge < -0.3 is 15.7 Å². The van der Waals surface area contributed by atoms with Crippen molar-refractivity contribution in [3.05, 3.63) is 76.1 Å². The van der Waals surface area contributed by atoms with Gasteiger partial charge in [-0.1, -0.05) is 12.1 Å². The lowest BCUT2D eigenvalue weighted by Gasteiger charge is -2.14. The Kier molecular flexibility index (Phi) is 6.52. The largest absolute Gasteiger partial charge is 0.478 e. The van der Waals surface area contributed by atoms with Crippen molar-refractivity contribution in [1.29, 1.82) is 0 Å². The summed E-state index contributed by atoms with van der Waals surface area (Å²) in [6.07, 6.45) is -2.04. The van der Waals surface area contributed by atoms with Gasteiger partial charge in [0, 0.05) is 30.9 Å². The molecular formula is C20H16F3N5O4. The van der Waals surface area contributed by atoms with Crippen LogP contribution in [0.5, 0.6) is 0 Å². The molecule has 0 saturated carbocycles. The second kappa shape index (κ2) is 9.29. The number of hydrogen-bond acceptors (Lipinski definition) is 7. The van der Waals surface area contributed by atoms with Gasteiger partial charge >= 0.3 is 12.1 Å². The molecule has 9 nitrogen and oxygen atoms in total. The summed E-state index contributed by atoms with van der Waals surface area (Å²) in [4.78, 5) is 29.9. The minimum atomic E-state index is -4.50. The number of carboxylic acids is 1. The molecule has 3 rings (SSSR count). The van der Waals surface area contributed by atoms with Crippen molar-refractivity contribution in [1.82, 2.24) is 9.97 Å². The highest BCUT2D eigenvalue weighted by atomic mass is 19.4. The van der Waals surface area contributed by atoms with Crippen LogP contribution in [0.4, 0.5) is 30.4 Å². The first kappa shape index (κ1) is 22.5. The Morgan fingerprint density at radius 2 is 1.72 bits per heavy atom. The van der Waals surface area contributed by atoms with Crippen molar-refractivity contribution in [2.45, 2.75) is 6.18 Å². The fraction of sp³-hybridized carbons (Fsp3) is 0.150. The normalized spacial score (nSPS) is 11.1. The van der Waals surface area contributed by atoms with E-state index in [1.165, 1.54) is 36.5 Å². The number of carbonyl (C=O) groups is 1. The maximum atomic E-state index is 12.8. The fourth-order valence-electron chi connectivity index (χ4n) is 2.85. The summed E-state index contributed by atoms with van der Waals surface area (Å²) >= 11 is 0. The number of aromatic carboxylic acids is 1. The molecule has 2 aromatic heterocycles. The molecule has 0 spiro atoms. The van der Waals surface area contributed by atoms with Crippen LogP contribution in [-0.4, -0.2) is 39.1 Å². The van der Waals surface area contributed by atoms with Crippen LogP contribution < -0.4 is 10.6 Å². The number of nitrogens with one attached hydrogen (secondary N) is 2. The van der Waals surface area contributed by atoms with Gasteiger partial charge in [0.1, 0.15) is 17.6 Å². The first-order valence-electron chi connectivity index (χ1n) is 9.15. The minimum absolute atomic E-state index is 0.0289. The number of pyridine rings is 2. The second-order valence-electron chi connectivity index (χ2n) is 6.47. The molecule has 3 N–H and O–H groups in total. The smallest absolute Gasteiger partial charge is 0.416 e. The van der Waals surface area contributed by atoms with Crippen molar-refractivity contribution in [3.8, 4) is 11.3 Å².